The van der Waals surface area contributed by atoms with Crippen molar-refractivity contribution in [1.29, 1.82) is 5.41 Å². The minimum atomic E-state index is 0.467. The number of benzene rings is 1. The van der Waals surface area contributed by atoms with Crippen molar-refractivity contribution in [2.45, 2.75) is 19.8 Å². The van der Waals surface area contributed by atoms with Crippen LogP contribution in [0.25, 0.3) is 0 Å². The molecule has 110 valence electrons. The third kappa shape index (κ3) is 2.61. The van der Waals surface area contributed by atoms with Gasteiger partial charge in [-0.2, -0.15) is 5.10 Å². The first kappa shape index (κ1) is 13.9. The van der Waals surface area contributed by atoms with Crippen LogP contribution in [0.15, 0.2) is 30.5 Å². The van der Waals surface area contributed by atoms with Crippen molar-refractivity contribution >= 4 is 28.9 Å². The van der Waals surface area contributed by atoms with E-state index in [2.05, 4.69) is 22.0 Å². The van der Waals surface area contributed by atoms with Gasteiger partial charge in [-0.15, -0.1) is 0 Å². The minimum Gasteiger partial charge on any atom is -0.338 e. The quantitative estimate of drug-likeness (QED) is 0.909. The maximum Gasteiger partial charge on any atom is 0.139 e. The van der Waals surface area contributed by atoms with Crippen LogP contribution in [-0.4, -0.2) is 29.2 Å². The van der Waals surface area contributed by atoms with Gasteiger partial charge in [-0.1, -0.05) is 24.9 Å². The highest BCUT2D eigenvalue weighted by Crippen LogP contribution is 2.29. The second-order valence-electron chi connectivity index (χ2n) is 5.14. The Bertz CT molecular complexity index is 634. The molecule has 2 heterocycles. The minimum absolute atomic E-state index is 0.467. The van der Waals surface area contributed by atoms with Gasteiger partial charge >= 0.3 is 0 Å². The monoisotopic (exact) mass is 303 g/mol. The van der Waals surface area contributed by atoms with Crippen LogP contribution in [0.2, 0.25) is 5.02 Å². The van der Waals surface area contributed by atoms with Crippen LogP contribution in [0.5, 0.6) is 0 Å². The zero-order valence-corrected chi connectivity index (χ0v) is 12.7. The molecule has 0 radical (unpaired) electrons. The van der Waals surface area contributed by atoms with Crippen LogP contribution >= 0.6 is 11.6 Å². The van der Waals surface area contributed by atoms with Crippen LogP contribution < -0.4 is 9.80 Å². The number of aromatic amines is 1. The van der Waals surface area contributed by atoms with E-state index in [-0.39, 0.29) is 0 Å². The summed E-state index contributed by atoms with van der Waals surface area (Å²) < 4.78 is 0. The zero-order chi connectivity index (χ0) is 14.8. The Kier molecular flexibility index (Phi) is 3.84. The van der Waals surface area contributed by atoms with Crippen molar-refractivity contribution in [3.8, 4) is 0 Å². The number of anilines is 2. The molecule has 0 bridgehead atoms. The number of aromatic nitrogens is 2. The number of unbranched alkanes of at least 4 members (excludes halogenated alkanes) is 1. The van der Waals surface area contributed by atoms with Gasteiger partial charge in [0.2, 0.25) is 0 Å². The fraction of sp³-hybridized carbons (Fsp3) is 0.333. The van der Waals surface area contributed by atoms with Crippen molar-refractivity contribution in [1.82, 2.24) is 10.2 Å². The number of hydrogen-bond donors (Lipinski definition) is 2. The van der Waals surface area contributed by atoms with Gasteiger partial charge < -0.3 is 9.80 Å². The zero-order valence-electron chi connectivity index (χ0n) is 11.9. The lowest BCUT2D eigenvalue weighted by molar-refractivity contribution is 0.702. The SMILES string of the molecule is CCCCN1CN(c2ccc(Cl)cc2)C(=N)c2cn[nH]c21. The predicted octanol–water partition coefficient (Wildman–Crippen LogP) is 3.47. The molecule has 0 aliphatic carbocycles. The Hall–Kier alpha value is -2.01. The van der Waals surface area contributed by atoms with Gasteiger partial charge in [0.25, 0.3) is 0 Å². The van der Waals surface area contributed by atoms with Gasteiger partial charge in [-0.3, -0.25) is 10.5 Å². The highest BCUT2D eigenvalue weighted by atomic mass is 35.5. The Balaban J connectivity index is 1.93. The molecule has 0 spiro atoms. The molecule has 0 saturated carbocycles. The van der Waals surface area contributed by atoms with Crippen molar-refractivity contribution in [3.63, 3.8) is 0 Å². The van der Waals surface area contributed by atoms with Crippen LogP contribution in [0.1, 0.15) is 25.3 Å². The topological polar surface area (TPSA) is 59.0 Å². The van der Waals surface area contributed by atoms with E-state index in [1.807, 2.05) is 29.2 Å². The summed E-state index contributed by atoms with van der Waals surface area (Å²) in [5, 5.41) is 16.2. The summed E-state index contributed by atoms with van der Waals surface area (Å²) >= 11 is 5.95. The summed E-state index contributed by atoms with van der Waals surface area (Å²) in [6.45, 7) is 3.77. The molecule has 0 amide bonds. The molecule has 1 aliphatic rings. The van der Waals surface area contributed by atoms with Crippen molar-refractivity contribution in [3.05, 3.63) is 41.0 Å². The first-order chi connectivity index (χ1) is 10.2. The average molecular weight is 304 g/mol. The average Bonchev–Trinajstić information content (AvgIpc) is 2.98. The lowest BCUT2D eigenvalue weighted by atomic mass is 10.1. The lowest BCUT2D eigenvalue weighted by Gasteiger charge is -2.37. The maximum absolute atomic E-state index is 8.41. The Morgan fingerprint density at radius 3 is 2.81 bits per heavy atom. The number of nitrogens with one attached hydrogen (secondary N) is 2. The summed E-state index contributed by atoms with van der Waals surface area (Å²) in [7, 11) is 0. The number of hydrogen-bond acceptors (Lipinski definition) is 3. The van der Waals surface area contributed by atoms with E-state index < -0.39 is 0 Å². The summed E-state index contributed by atoms with van der Waals surface area (Å²) in [5.41, 5.74) is 1.81. The Morgan fingerprint density at radius 2 is 2.10 bits per heavy atom. The number of amidine groups is 1. The molecule has 1 aromatic carbocycles. The Morgan fingerprint density at radius 1 is 1.33 bits per heavy atom. The first-order valence-corrected chi connectivity index (χ1v) is 7.49. The summed E-state index contributed by atoms with van der Waals surface area (Å²) in [6, 6.07) is 7.59. The molecule has 0 atom stereocenters. The highest BCUT2D eigenvalue weighted by Gasteiger charge is 2.28. The molecule has 2 N–H and O–H groups in total. The molecule has 0 unspecified atom stereocenters. The van der Waals surface area contributed by atoms with Crippen molar-refractivity contribution in [2.75, 3.05) is 23.0 Å². The standard InChI is InChI=1S/C15H18ClN5/c1-2-3-8-20-10-21(12-6-4-11(16)5-7-12)14(17)13-9-18-19-15(13)20/h4-7,9,17H,2-3,8,10H2,1H3,(H,18,19). The predicted molar refractivity (Wildman–Crippen MR) is 86.5 cm³/mol. The Labute approximate surface area is 129 Å². The van der Waals surface area contributed by atoms with E-state index in [0.29, 0.717) is 17.5 Å². The largest absolute Gasteiger partial charge is 0.338 e. The number of fused-ring (bicyclic) bond motifs is 1. The van der Waals surface area contributed by atoms with Crippen LogP contribution in [-0.2, 0) is 0 Å². The number of rotatable bonds is 4. The number of H-pyrrole nitrogens is 1. The van der Waals surface area contributed by atoms with E-state index >= 15 is 0 Å². The van der Waals surface area contributed by atoms with Gasteiger partial charge in [0.1, 0.15) is 11.7 Å². The molecule has 0 fully saturated rings. The van der Waals surface area contributed by atoms with E-state index in [4.69, 9.17) is 17.0 Å². The fourth-order valence-corrected chi connectivity index (χ4v) is 2.64. The number of halogens is 1. The van der Waals surface area contributed by atoms with Gasteiger partial charge in [0.05, 0.1) is 18.4 Å². The molecular formula is C15H18ClN5. The summed E-state index contributed by atoms with van der Waals surface area (Å²) in [4.78, 5) is 4.21. The molecule has 3 rings (SSSR count). The van der Waals surface area contributed by atoms with Gasteiger partial charge in [0, 0.05) is 17.3 Å². The normalized spacial score (nSPS) is 14.5. The third-order valence-corrected chi connectivity index (χ3v) is 3.94. The molecule has 1 aromatic heterocycles. The van der Waals surface area contributed by atoms with E-state index in [1.165, 1.54) is 0 Å². The second-order valence-corrected chi connectivity index (χ2v) is 5.58. The van der Waals surface area contributed by atoms with E-state index in [9.17, 15) is 0 Å². The molecule has 1 aliphatic heterocycles. The molecular weight excluding hydrogens is 286 g/mol. The smallest absolute Gasteiger partial charge is 0.139 e. The molecule has 6 heteroatoms. The lowest BCUT2D eigenvalue weighted by Crippen LogP contribution is -2.47. The van der Waals surface area contributed by atoms with Crippen molar-refractivity contribution in [2.24, 2.45) is 0 Å². The highest BCUT2D eigenvalue weighted by molar-refractivity contribution is 6.30. The van der Waals surface area contributed by atoms with Gasteiger partial charge in [0.15, 0.2) is 0 Å². The van der Waals surface area contributed by atoms with Crippen LogP contribution in [0.3, 0.4) is 0 Å². The molecule has 2 aromatic rings. The van der Waals surface area contributed by atoms with Crippen molar-refractivity contribution < 1.29 is 0 Å². The third-order valence-electron chi connectivity index (χ3n) is 3.69. The summed E-state index contributed by atoms with van der Waals surface area (Å²) in [5.74, 6) is 1.41. The van der Waals surface area contributed by atoms with Gasteiger partial charge in [-0.05, 0) is 30.7 Å². The van der Waals surface area contributed by atoms with E-state index in [0.717, 1.165) is 36.5 Å². The van der Waals surface area contributed by atoms with Crippen LogP contribution in [0.4, 0.5) is 11.5 Å². The first-order valence-electron chi connectivity index (χ1n) is 7.11. The van der Waals surface area contributed by atoms with Gasteiger partial charge in [-0.25, -0.2) is 0 Å². The molecule has 5 nitrogen and oxygen atoms in total. The van der Waals surface area contributed by atoms with E-state index in [1.54, 1.807) is 6.20 Å². The fourth-order valence-electron chi connectivity index (χ4n) is 2.51. The maximum atomic E-state index is 8.41. The second kappa shape index (κ2) is 5.77. The summed E-state index contributed by atoms with van der Waals surface area (Å²) in [6.07, 6.45) is 3.97. The van der Waals surface area contributed by atoms with Crippen LogP contribution in [0, 0.1) is 5.41 Å². The number of nitrogens with zero attached hydrogens (tertiary/aromatic N) is 3. The molecule has 21 heavy (non-hydrogen) atoms. The molecule has 0 saturated heterocycles.